The van der Waals surface area contributed by atoms with E-state index in [1.807, 2.05) is 6.20 Å². The van der Waals surface area contributed by atoms with Gasteiger partial charge in [0.2, 0.25) is 0 Å². The number of aromatic nitrogens is 2. The molecule has 5 rings (SSSR count). The fourth-order valence-corrected chi connectivity index (χ4v) is 4.64. The zero-order valence-electron chi connectivity index (χ0n) is 15.8. The summed E-state index contributed by atoms with van der Waals surface area (Å²) in [6, 6.07) is 11.1. The molecular formula is C23H27N3. The second kappa shape index (κ2) is 6.15. The van der Waals surface area contributed by atoms with E-state index in [0.717, 1.165) is 32.0 Å². The van der Waals surface area contributed by atoms with Gasteiger partial charge in [-0.15, -0.1) is 0 Å². The van der Waals surface area contributed by atoms with E-state index in [9.17, 15) is 0 Å². The molecule has 134 valence electrons. The molecule has 2 aromatic heterocycles. The van der Waals surface area contributed by atoms with Crippen molar-refractivity contribution in [3.8, 4) is 0 Å². The van der Waals surface area contributed by atoms with Crippen LogP contribution in [0.25, 0.3) is 11.0 Å². The molecule has 26 heavy (non-hydrogen) atoms. The molecule has 0 saturated heterocycles. The standard InChI is InChI=1S/C23H27N3/c1-16-17(2)26(14-18-6-5-7-18)23-21(10-12-24-22(16)23)25-13-11-19-8-3-4-9-20(19)15-25/h3-4,8-10,12,18H,5-7,11,13-15H2,1-2H3. The summed E-state index contributed by atoms with van der Waals surface area (Å²) in [5.41, 5.74) is 9.62. The fraction of sp³-hybridized carbons (Fsp3) is 0.435. The number of nitrogens with zero attached hydrogens (tertiary/aromatic N) is 3. The summed E-state index contributed by atoms with van der Waals surface area (Å²) in [7, 11) is 0. The molecule has 0 N–H and O–H groups in total. The summed E-state index contributed by atoms with van der Waals surface area (Å²) >= 11 is 0. The molecule has 0 bridgehead atoms. The zero-order chi connectivity index (χ0) is 17.7. The summed E-state index contributed by atoms with van der Waals surface area (Å²) in [6.07, 6.45) is 7.28. The van der Waals surface area contributed by atoms with Gasteiger partial charge in [-0.3, -0.25) is 4.98 Å². The molecule has 1 aliphatic carbocycles. The normalized spacial score (nSPS) is 17.4. The number of hydrogen-bond acceptors (Lipinski definition) is 2. The highest BCUT2D eigenvalue weighted by Gasteiger charge is 2.25. The van der Waals surface area contributed by atoms with Gasteiger partial charge in [0.15, 0.2) is 0 Å². The SMILES string of the molecule is Cc1c(C)n(CC2CCC2)c2c(N3CCc4ccccc4C3)ccnc12. The van der Waals surface area contributed by atoms with E-state index in [2.05, 4.69) is 53.6 Å². The van der Waals surface area contributed by atoms with Crippen molar-refractivity contribution in [1.82, 2.24) is 9.55 Å². The number of rotatable bonds is 3. The summed E-state index contributed by atoms with van der Waals surface area (Å²) in [6.45, 7) is 7.74. The summed E-state index contributed by atoms with van der Waals surface area (Å²) < 4.78 is 2.57. The van der Waals surface area contributed by atoms with E-state index in [1.54, 1.807) is 0 Å². The van der Waals surface area contributed by atoms with E-state index >= 15 is 0 Å². The van der Waals surface area contributed by atoms with E-state index in [1.165, 1.54) is 58.4 Å². The minimum absolute atomic E-state index is 0.846. The number of pyridine rings is 1. The van der Waals surface area contributed by atoms with E-state index in [-0.39, 0.29) is 0 Å². The zero-order valence-corrected chi connectivity index (χ0v) is 15.8. The molecule has 1 aromatic carbocycles. The van der Waals surface area contributed by atoms with Crippen LogP contribution in [0, 0.1) is 19.8 Å². The molecule has 0 spiro atoms. The van der Waals surface area contributed by atoms with Gasteiger partial charge in [0.1, 0.15) is 0 Å². The Bertz CT molecular complexity index is 965. The van der Waals surface area contributed by atoms with Crippen LogP contribution in [0.4, 0.5) is 5.69 Å². The van der Waals surface area contributed by atoms with Gasteiger partial charge < -0.3 is 9.47 Å². The Labute approximate surface area is 155 Å². The van der Waals surface area contributed by atoms with Crippen LogP contribution < -0.4 is 4.90 Å². The third-order valence-corrected chi connectivity index (χ3v) is 6.61. The lowest BCUT2D eigenvalue weighted by molar-refractivity contribution is 0.278. The minimum atomic E-state index is 0.846. The molecule has 1 fully saturated rings. The molecule has 3 heterocycles. The highest BCUT2D eigenvalue weighted by Crippen LogP contribution is 2.36. The summed E-state index contributed by atoms with van der Waals surface area (Å²) in [5.74, 6) is 0.846. The molecule has 3 nitrogen and oxygen atoms in total. The van der Waals surface area contributed by atoms with Gasteiger partial charge in [-0.05, 0) is 61.8 Å². The van der Waals surface area contributed by atoms with Crippen molar-refractivity contribution in [2.24, 2.45) is 5.92 Å². The second-order valence-electron chi connectivity index (χ2n) is 8.09. The smallest absolute Gasteiger partial charge is 0.0934 e. The number of aryl methyl sites for hydroxylation is 1. The lowest BCUT2D eigenvalue weighted by atomic mass is 9.85. The van der Waals surface area contributed by atoms with Crippen molar-refractivity contribution in [3.05, 3.63) is 58.9 Å². The van der Waals surface area contributed by atoms with Gasteiger partial charge in [0, 0.05) is 31.5 Å². The maximum absolute atomic E-state index is 4.77. The number of hydrogen-bond donors (Lipinski definition) is 0. The van der Waals surface area contributed by atoms with Crippen molar-refractivity contribution in [2.45, 2.75) is 52.6 Å². The van der Waals surface area contributed by atoms with Crippen molar-refractivity contribution in [3.63, 3.8) is 0 Å². The quantitative estimate of drug-likeness (QED) is 0.665. The molecule has 0 unspecified atom stereocenters. The van der Waals surface area contributed by atoms with E-state index < -0.39 is 0 Å². The Morgan fingerprint density at radius 1 is 1.08 bits per heavy atom. The average Bonchev–Trinajstić information content (AvgIpc) is 2.89. The fourth-order valence-electron chi connectivity index (χ4n) is 4.64. The minimum Gasteiger partial charge on any atom is -0.365 e. The van der Waals surface area contributed by atoms with E-state index in [0.29, 0.717) is 0 Å². The average molecular weight is 345 g/mol. The number of benzene rings is 1. The Kier molecular flexibility index (Phi) is 3.77. The summed E-state index contributed by atoms with van der Waals surface area (Å²) in [5, 5.41) is 0. The lowest BCUT2D eigenvalue weighted by Crippen LogP contribution is -2.31. The maximum atomic E-state index is 4.77. The van der Waals surface area contributed by atoms with Crippen molar-refractivity contribution < 1.29 is 0 Å². The molecular weight excluding hydrogens is 318 g/mol. The predicted octanol–water partition coefficient (Wildman–Crippen LogP) is 5.02. The molecule has 3 aromatic rings. The van der Waals surface area contributed by atoms with E-state index in [4.69, 9.17) is 4.98 Å². The van der Waals surface area contributed by atoms with Gasteiger partial charge in [-0.25, -0.2) is 0 Å². The first-order chi connectivity index (χ1) is 12.7. The highest BCUT2D eigenvalue weighted by molar-refractivity contribution is 5.92. The Hall–Kier alpha value is -2.29. The van der Waals surface area contributed by atoms with Crippen molar-refractivity contribution in [2.75, 3.05) is 11.4 Å². The van der Waals surface area contributed by atoms with Crippen LogP contribution in [0.5, 0.6) is 0 Å². The Morgan fingerprint density at radius 2 is 1.88 bits per heavy atom. The molecule has 0 atom stereocenters. The van der Waals surface area contributed by atoms with Crippen LogP contribution >= 0.6 is 0 Å². The first-order valence-corrected chi connectivity index (χ1v) is 9.98. The lowest BCUT2D eigenvalue weighted by Gasteiger charge is -2.32. The highest BCUT2D eigenvalue weighted by atomic mass is 15.2. The van der Waals surface area contributed by atoms with Crippen LogP contribution in [0.1, 0.15) is 41.6 Å². The molecule has 3 heteroatoms. The Balaban J connectivity index is 1.60. The van der Waals surface area contributed by atoms with Crippen LogP contribution in [0.15, 0.2) is 36.5 Å². The second-order valence-corrected chi connectivity index (χ2v) is 8.09. The number of anilines is 1. The van der Waals surface area contributed by atoms with Crippen LogP contribution in [-0.4, -0.2) is 16.1 Å². The molecule has 1 saturated carbocycles. The Morgan fingerprint density at radius 3 is 2.65 bits per heavy atom. The molecule has 1 aliphatic heterocycles. The first-order valence-electron chi connectivity index (χ1n) is 9.98. The third kappa shape index (κ3) is 2.45. The van der Waals surface area contributed by atoms with Gasteiger partial charge in [0.05, 0.1) is 16.7 Å². The summed E-state index contributed by atoms with van der Waals surface area (Å²) in [4.78, 5) is 7.32. The first kappa shape index (κ1) is 15.9. The molecule has 0 amide bonds. The number of fused-ring (bicyclic) bond motifs is 2. The molecule has 2 aliphatic rings. The van der Waals surface area contributed by atoms with Crippen molar-refractivity contribution >= 4 is 16.7 Å². The maximum Gasteiger partial charge on any atom is 0.0934 e. The van der Waals surface area contributed by atoms with Crippen LogP contribution in [0.3, 0.4) is 0 Å². The van der Waals surface area contributed by atoms with Gasteiger partial charge in [0.25, 0.3) is 0 Å². The van der Waals surface area contributed by atoms with Crippen LogP contribution in [-0.2, 0) is 19.5 Å². The van der Waals surface area contributed by atoms with Gasteiger partial charge in [-0.2, -0.15) is 0 Å². The van der Waals surface area contributed by atoms with Gasteiger partial charge >= 0.3 is 0 Å². The largest absolute Gasteiger partial charge is 0.365 e. The van der Waals surface area contributed by atoms with Crippen molar-refractivity contribution in [1.29, 1.82) is 0 Å². The topological polar surface area (TPSA) is 21.1 Å². The predicted molar refractivity (Wildman–Crippen MR) is 108 cm³/mol. The third-order valence-electron chi connectivity index (χ3n) is 6.61. The molecule has 0 radical (unpaired) electrons. The van der Waals surface area contributed by atoms with Gasteiger partial charge in [-0.1, -0.05) is 30.7 Å². The van der Waals surface area contributed by atoms with Crippen LogP contribution in [0.2, 0.25) is 0 Å². The monoisotopic (exact) mass is 345 g/mol.